The molecule has 0 saturated carbocycles. The van der Waals surface area contributed by atoms with Gasteiger partial charge in [0.2, 0.25) is 0 Å². The van der Waals surface area contributed by atoms with Gasteiger partial charge in [0.15, 0.2) is 0 Å². The lowest BCUT2D eigenvalue weighted by Gasteiger charge is -2.03. The summed E-state index contributed by atoms with van der Waals surface area (Å²) < 4.78 is 10.8. The fourth-order valence-electron chi connectivity index (χ4n) is 2.34. The van der Waals surface area contributed by atoms with Crippen LogP contribution in [-0.2, 0) is 11.3 Å². The maximum atomic E-state index is 5.69. The summed E-state index contributed by atoms with van der Waals surface area (Å²) in [5, 5.41) is 0. The van der Waals surface area contributed by atoms with E-state index in [1.165, 1.54) is 24.0 Å². The van der Waals surface area contributed by atoms with Crippen LogP contribution in [-0.4, -0.2) is 13.7 Å². The van der Waals surface area contributed by atoms with Crippen LogP contribution in [0.5, 0.6) is 5.75 Å². The summed E-state index contributed by atoms with van der Waals surface area (Å²) in [6, 6.07) is 18.5. The van der Waals surface area contributed by atoms with Crippen LogP contribution in [0.25, 0.3) is 6.08 Å². The van der Waals surface area contributed by atoms with Gasteiger partial charge in [-0.05, 0) is 42.5 Å². The molecule has 0 fully saturated rings. The molecule has 122 valence electrons. The van der Waals surface area contributed by atoms with Crippen molar-refractivity contribution < 1.29 is 9.47 Å². The van der Waals surface area contributed by atoms with Crippen molar-refractivity contribution in [1.82, 2.24) is 0 Å². The van der Waals surface area contributed by atoms with Crippen molar-refractivity contribution in [2.24, 2.45) is 0 Å². The molecule has 2 aromatic carbocycles. The van der Waals surface area contributed by atoms with E-state index in [9.17, 15) is 0 Å². The summed E-state index contributed by atoms with van der Waals surface area (Å²) in [6.07, 6.45) is 9.08. The molecule has 0 atom stereocenters. The highest BCUT2D eigenvalue weighted by molar-refractivity contribution is 5.50. The van der Waals surface area contributed by atoms with Crippen molar-refractivity contribution in [3.63, 3.8) is 0 Å². The second-order valence-corrected chi connectivity index (χ2v) is 5.56. The lowest BCUT2D eigenvalue weighted by Crippen LogP contribution is -1.95. The van der Waals surface area contributed by atoms with Crippen molar-refractivity contribution in [1.29, 1.82) is 0 Å². The van der Waals surface area contributed by atoms with Crippen LogP contribution >= 0.6 is 0 Å². The lowest BCUT2D eigenvalue weighted by atomic mass is 10.1. The Morgan fingerprint density at radius 1 is 0.870 bits per heavy atom. The van der Waals surface area contributed by atoms with Crippen LogP contribution in [0, 0.1) is 0 Å². The summed E-state index contributed by atoms with van der Waals surface area (Å²) in [4.78, 5) is 0. The Morgan fingerprint density at radius 2 is 1.65 bits per heavy atom. The molecule has 0 amide bonds. The summed E-state index contributed by atoms with van der Waals surface area (Å²) in [5.41, 5.74) is 2.46. The molecular weight excluding hydrogens is 284 g/mol. The Morgan fingerprint density at radius 3 is 2.39 bits per heavy atom. The number of methoxy groups -OCH3 is 1. The molecule has 0 aliphatic heterocycles. The molecule has 2 rings (SSSR count). The van der Waals surface area contributed by atoms with Crippen molar-refractivity contribution in [3.05, 3.63) is 71.8 Å². The number of unbranched alkanes of at least 4 members (excludes halogenated alkanes) is 3. The fourth-order valence-corrected chi connectivity index (χ4v) is 2.34. The quantitative estimate of drug-likeness (QED) is 0.541. The zero-order chi connectivity index (χ0) is 16.2. The minimum Gasteiger partial charge on any atom is -0.497 e. The first kappa shape index (κ1) is 17.3. The monoisotopic (exact) mass is 310 g/mol. The summed E-state index contributed by atoms with van der Waals surface area (Å²) >= 11 is 0. The smallest absolute Gasteiger partial charge is 0.118 e. The zero-order valence-corrected chi connectivity index (χ0v) is 13.9. The van der Waals surface area contributed by atoms with Gasteiger partial charge in [-0.25, -0.2) is 0 Å². The van der Waals surface area contributed by atoms with Gasteiger partial charge in [0.05, 0.1) is 13.7 Å². The molecule has 0 heterocycles. The Bertz CT molecular complexity index is 558. The van der Waals surface area contributed by atoms with Gasteiger partial charge in [-0.2, -0.15) is 0 Å². The Hall–Kier alpha value is -2.06. The minimum atomic E-state index is 0.720. The fraction of sp³-hybridized carbons (Fsp3) is 0.333. The predicted octanol–water partition coefficient (Wildman–Crippen LogP) is 5.49. The molecule has 2 aromatic rings. The largest absolute Gasteiger partial charge is 0.497 e. The van der Waals surface area contributed by atoms with Crippen LogP contribution in [0.4, 0.5) is 0 Å². The topological polar surface area (TPSA) is 18.5 Å². The van der Waals surface area contributed by atoms with E-state index in [2.05, 4.69) is 36.4 Å². The number of allylic oxidation sites excluding steroid dienone is 1. The van der Waals surface area contributed by atoms with Crippen molar-refractivity contribution in [2.75, 3.05) is 13.7 Å². The van der Waals surface area contributed by atoms with Crippen LogP contribution < -0.4 is 4.74 Å². The second kappa shape index (κ2) is 10.6. The molecule has 23 heavy (non-hydrogen) atoms. The molecule has 0 unspecified atom stereocenters. The van der Waals surface area contributed by atoms with E-state index < -0.39 is 0 Å². The molecule has 2 nitrogen and oxygen atoms in total. The third kappa shape index (κ3) is 7.16. The SMILES string of the molecule is COc1ccc(/C=C\CCCCCOCc2ccccc2)cc1. The molecule has 0 spiro atoms. The van der Waals surface area contributed by atoms with Gasteiger partial charge in [0.25, 0.3) is 0 Å². The van der Waals surface area contributed by atoms with Gasteiger partial charge in [0.1, 0.15) is 5.75 Å². The van der Waals surface area contributed by atoms with E-state index in [-0.39, 0.29) is 0 Å². The van der Waals surface area contributed by atoms with Crippen molar-refractivity contribution >= 4 is 6.08 Å². The highest BCUT2D eigenvalue weighted by atomic mass is 16.5. The molecule has 0 aliphatic carbocycles. The first-order valence-corrected chi connectivity index (χ1v) is 8.31. The molecule has 0 aromatic heterocycles. The van der Waals surface area contributed by atoms with Gasteiger partial charge in [-0.3, -0.25) is 0 Å². The Labute approximate surface area is 139 Å². The molecule has 0 bridgehead atoms. The van der Waals surface area contributed by atoms with Crippen LogP contribution in [0.3, 0.4) is 0 Å². The first-order chi connectivity index (χ1) is 11.4. The van der Waals surface area contributed by atoms with Gasteiger partial charge >= 0.3 is 0 Å². The average Bonchev–Trinajstić information content (AvgIpc) is 2.61. The third-order valence-corrected chi connectivity index (χ3v) is 3.70. The number of rotatable bonds is 10. The number of hydrogen-bond acceptors (Lipinski definition) is 2. The van der Waals surface area contributed by atoms with Crippen LogP contribution in [0.15, 0.2) is 60.7 Å². The van der Waals surface area contributed by atoms with Crippen molar-refractivity contribution in [3.8, 4) is 5.75 Å². The second-order valence-electron chi connectivity index (χ2n) is 5.56. The first-order valence-electron chi connectivity index (χ1n) is 8.31. The van der Waals surface area contributed by atoms with Gasteiger partial charge < -0.3 is 9.47 Å². The molecule has 0 aliphatic rings. The number of benzene rings is 2. The minimum absolute atomic E-state index is 0.720. The molecule has 0 N–H and O–H groups in total. The summed E-state index contributed by atoms with van der Waals surface area (Å²) in [7, 11) is 1.69. The summed E-state index contributed by atoms with van der Waals surface area (Å²) in [6.45, 7) is 1.56. The van der Waals surface area contributed by atoms with Gasteiger partial charge in [-0.1, -0.05) is 61.0 Å². The summed E-state index contributed by atoms with van der Waals surface area (Å²) in [5.74, 6) is 0.901. The van der Waals surface area contributed by atoms with Gasteiger partial charge in [-0.15, -0.1) is 0 Å². The van der Waals surface area contributed by atoms with Gasteiger partial charge in [0, 0.05) is 6.61 Å². The van der Waals surface area contributed by atoms with E-state index in [0.717, 1.165) is 31.8 Å². The van der Waals surface area contributed by atoms with Crippen LogP contribution in [0.1, 0.15) is 36.8 Å². The number of hydrogen-bond donors (Lipinski definition) is 0. The number of ether oxygens (including phenoxy) is 2. The van der Waals surface area contributed by atoms with E-state index in [1.54, 1.807) is 7.11 Å². The van der Waals surface area contributed by atoms with Crippen LogP contribution in [0.2, 0.25) is 0 Å². The highest BCUT2D eigenvalue weighted by Crippen LogP contribution is 2.13. The van der Waals surface area contributed by atoms with Crippen molar-refractivity contribution in [2.45, 2.75) is 32.3 Å². The molecular formula is C21H26O2. The lowest BCUT2D eigenvalue weighted by molar-refractivity contribution is 0.117. The zero-order valence-electron chi connectivity index (χ0n) is 13.9. The Kier molecular flexibility index (Phi) is 7.99. The van der Waals surface area contributed by atoms with E-state index in [4.69, 9.17) is 9.47 Å². The van der Waals surface area contributed by atoms with E-state index in [1.807, 2.05) is 30.3 Å². The molecule has 0 saturated heterocycles. The maximum absolute atomic E-state index is 5.69. The molecule has 0 radical (unpaired) electrons. The normalized spacial score (nSPS) is 11.0. The highest BCUT2D eigenvalue weighted by Gasteiger charge is 1.93. The maximum Gasteiger partial charge on any atom is 0.118 e. The standard InChI is InChI=1S/C21H26O2/c1-22-21-15-13-19(14-16-21)10-6-3-2-4-9-17-23-18-20-11-7-5-8-12-20/h5-8,10-16H,2-4,9,17-18H2,1H3/b10-6-. The van der Waals surface area contributed by atoms with E-state index >= 15 is 0 Å². The third-order valence-electron chi connectivity index (χ3n) is 3.70. The average molecular weight is 310 g/mol. The van der Waals surface area contributed by atoms with E-state index in [0.29, 0.717) is 0 Å². The molecule has 2 heteroatoms. The Balaban J connectivity index is 1.49. The predicted molar refractivity (Wildman–Crippen MR) is 96.6 cm³/mol.